The predicted octanol–water partition coefficient (Wildman–Crippen LogP) is 1.39. The lowest BCUT2D eigenvalue weighted by Crippen LogP contribution is -2.38. The molecule has 0 spiro atoms. The summed E-state index contributed by atoms with van der Waals surface area (Å²) in [6.07, 6.45) is -0.721. The standard InChI is InChI=1S/C12H15BrFNO3S/c13-10-5-8(14)1-2-9(10)11(16)12(6-15)3-4-19(17,18)7-12/h1-2,5,11,16H,3-4,6-7,15H2. The Labute approximate surface area is 119 Å². The zero-order valence-corrected chi connectivity index (χ0v) is 12.5. The number of hydrogen-bond acceptors (Lipinski definition) is 4. The molecule has 1 aliphatic heterocycles. The Bertz CT molecular complexity index is 593. The number of benzene rings is 1. The van der Waals surface area contributed by atoms with E-state index in [9.17, 15) is 17.9 Å². The molecular weight excluding hydrogens is 337 g/mol. The Morgan fingerprint density at radius 3 is 2.68 bits per heavy atom. The van der Waals surface area contributed by atoms with Gasteiger partial charge in [0.05, 0.1) is 17.6 Å². The molecule has 4 nitrogen and oxygen atoms in total. The van der Waals surface area contributed by atoms with Crippen molar-refractivity contribution in [2.24, 2.45) is 11.1 Å². The first-order valence-corrected chi connectivity index (χ1v) is 8.45. The Morgan fingerprint density at radius 1 is 1.53 bits per heavy atom. The van der Waals surface area contributed by atoms with Gasteiger partial charge in [-0.3, -0.25) is 0 Å². The van der Waals surface area contributed by atoms with E-state index in [4.69, 9.17) is 5.73 Å². The van der Waals surface area contributed by atoms with Crippen LogP contribution in [-0.2, 0) is 9.84 Å². The summed E-state index contributed by atoms with van der Waals surface area (Å²) in [5.41, 5.74) is 5.27. The smallest absolute Gasteiger partial charge is 0.151 e. The van der Waals surface area contributed by atoms with E-state index >= 15 is 0 Å². The van der Waals surface area contributed by atoms with Gasteiger partial charge in [-0.2, -0.15) is 0 Å². The molecule has 1 fully saturated rings. The zero-order valence-electron chi connectivity index (χ0n) is 10.1. The average Bonchev–Trinajstić information content (AvgIpc) is 2.65. The molecule has 0 amide bonds. The molecule has 0 aromatic heterocycles. The molecule has 0 aliphatic carbocycles. The quantitative estimate of drug-likeness (QED) is 0.862. The van der Waals surface area contributed by atoms with Crippen molar-refractivity contribution in [3.63, 3.8) is 0 Å². The maximum Gasteiger partial charge on any atom is 0.151 e. The largest absolute Gasteiger partial charge is 0.388 e. The molecule has 0 radical (unpaired) electrons. The second-order valence-electron chi connectivity index (χ2n) is 4.98. The van der Waals surface area contributed by atoms with E-state index in [1.807, 2.05) is 0 Å². The maximum atomic E-state index is 13.1. The minimum Gasteiger partial charge on any atom is -0.388 e. The van der Waals surface area contributed by atoms with Gasteiger partial charge in [0.25, 0.3) is 0 Å². The topological polar surface area (TPSA) is 80.4 Å². The molecule has 1 saturated heterocycles. The van der Waals surface area contributed by atoms with Crippen LogP contribution in [0, 0.1) is 11.2 Å². The lowest BCUT2D eigenvalue weighted by molar-refractivity contribution is 0.0465. The maximum absolute atomic E-state index is 13.1. The number of aliphatic hydroxyl groups is 1. The van der Waals surface area contributed by atoms with Crippen molar-refractivity contribution in [2.75, 3.05) is 18.1 Å². The lowest BCUT2D eigenvalue weighted by Gasteiger charge is -2.32. The highest BCUT2D eigenvalue weighted by molar-refractivity contribution is 9.10. The summed E-state index contributed by atoms with van der Waals surface area (Å²) in [7, 11) is -3.17. The third kappa shape index (κ3) is 2.84. The Kier molecular flexibility index (Phi) is 4.02. The molecule has 2 unspecified atom stereocenters. The fourth-order valence-electron chi connectivity index (χ4n) is 2.48. The first-order chi connectivity index (χ1) is 8.80. The Hall–Kier alpha value is -0.500. The van der Waals surface area contributed by atoms with Crippen molar-refractivity contribution >= 4 is 25.8 Å². The molecule has 2 atom stereocenters. The van der Waals surface area contributed by atoms with Crippen molar-refractivity contribution < 1.29 is 17.9 Å². The highest BCUT2D eigenvalue weighted by Crippen LogP contribution is 2.44. The second kappa shape index (κ2) is 5.12. The van der Waals surface area contributed by atoms with Crippen molar-refractivity contribution in [2.45, 2.75) is 12.5 Å². The number of sulfone groups is 1. The van der Waals surface area contributed by atoms with Crippen LogP contribution in [0.1, 0.15) is 18.1 Å². The van der Waals surface area contributed by atoms with Crippen LogP contribution in [0.2, 0.25) is 0 Å². The average molecular weight is 352 g/mol. The normalized spacial score (nSPS) is 27.4. The van der Waals surface area contributed by atoms with Crippen molar-refractivity contribution in [1.29, 1.82) is 0 Å². The molecule has 3 N–H and O–H groups in total. The van der Waals surface area contributed by atoms with Crippen molar-refractivity contribution in [1.82, 2.24) is 0 Å². The van der Waals surface area contributed by atoms with Gasteiger partial charge in [0.15, 0.2) is 9.84 Å². The second-order valence-corrected chi connectivity index (χ2v) is 8.02. The molecule has 1 aromatic carbocycles. The van der Waals surface area contributed by atoms with E-state index in [1.54, 1.807) is 0 Å². The third-order valence-electron chi connectivity index (χ3n) is 3.66. The molecule has 106 valence electrons. The minimum atomic E-state index is -3.17. The number of nitrogens with two attached hydrogens (primary N) is 1. The number of aliphatic hydroxyl groups excluding tert-OH is 1. The Balaban J connectivity index is 2.39. The number of hydrogen-bond donors (Lipinski definition) is 2. The highest BCUT2D eigenvalue weighted by Gasteiger charge is 2.47. The third-order valence-corrected chi connectivity index (χ3v) is 6.19. The molecular formula is C12H15BrFNO3S. The van der Waals surface area contributed by atoms with Gasteiger partial charge in [-0.25, -0.2) is 12.8 Å². The molecule has 0 saturated carbocycles. The summed E-state index contributed by atoms with van der Waals surface area (Å²) in [4.78, 5) is 0. The van der Waals surface area contributed by atoms with E-state index in [1.165, 1.54) is 18.2 Å². The molecule has 1 heterocycles. The molecule has 19 heavy (non-hydrogen) atoms. The van der Waals surface area contributed by atoms with Crippen molar-refractivity contribution in [3.8, 4) is 0 Å². The zero-order chi connectivity index (χ0) is 14.3. The van der Waals surface area contributed by atoms with Crippen LogP contribution in [0.5, 0.6) is 0 Å². The van der Waals surface area contributed by atoms with Gasteiger partial charge in [0.2, 0.25) is 0 Å². The van der Waals surface area contributed by atoms with Crippen LogP contribution in [0.25, 0.3) is 0 Å². The molecule has 0 bridgehead atoms. The van der Waals surface area contributed by atoms with Crippen LogP contribution >= 0.6 is 15.9 Å². The summed E-state index contributed by atoms with van der Waals surface area (Å²) in [6.45, 7) is 0.0667. The molecule has 2 rings (SSSR count). The van der Waals surface area contributed by atoms with Gasteiger partial charge >= 0.3 is 0 Å². The fraction of sp³-hybridized carbons (Fsp3) is 0.500. The van der Waals surface area contributed by atoms with E-state index in [0.717, 1.165) is 0 Å². The van der Waals surface area contributed by atoms with Gasteiger partial charge in [0.1, 0.15) is 5.82 Å². The highest BCUT2D eigenvalue weighted by atomic mass is 79.9. The van der Waals surface area contributed by atoms with E-state index in [0.29, 0.717) is 16.5 Å². The summed E-state index contributed by atoms with van der Waals surface area (Å²) in [5, 5.41) is 10.5. The fourth-order valence-corrected chi connectivity index (χ4v) is 5.21. The predicted molar refractivity (Wildman–Crippen MR) is 73.8 cm³/mol. The SMILES string of the molecule is NCC1(C(O)c2ccc(F)cc2Br)CCS(=O)(=O)C1. The van der Waals surface area contributed by atoms with E-state index < -0.39 is 27.2 Å². The van der Waals surface area contributed by atoms with Gasteiger partial charge in [-0.05, 0) is 24.1 Å². The van der Waals surface area contributed by atoms with Crippen LogP contribution in [0.3, 0.4) is 0 Å². The number of halogens is 2. The molecule has 1 aliphatic rings. The lowest BCUT2D eigenvalue weighted by atomic mass is 9.78. The molecule has 1 aromatic rings. The molecule has 7 heteroatoms. The minimum absolute atomic E-state index is 0.0279. The van der Waals surface area contributed by atoms with Gasteiger partial charge < -0.3 is 10.8 Å². The van der Waals surface area contributed by atoms with E-state index in [2.05, 4.69) is 15.9 Å². The van der Waals surface area contributed by atoms with E-state index in [-0.39, 0.29) is 18.1 Å². The van der Waals surface area contributed by atoms with Gasteiger partial charge in [-0.15, -0.1) is 0 Å². The number of rotatable bonds is 3. The monoisotopic (exact) mass is 351 g/mol. The van der Waals surface area contributed by atoms with Crippen LogP contribution in [0.15, 0.2) is 22.7 Å². The summed E-state index contributed by atoms with van der Waals surface area (Å²) >= 11 is 3.19. The first kappa shape index (κ1) is 14.9. The Morgan fingerprint density at radius 2 is 2.21 bits per heavy atom. The van der Waals surface area contributed by atoms with Crippen LogP contribution in [-0.4, -0.2) is 31.6 Å². The first-order valence-electron chi connectivity index (χ1n) is 5.83. The van der Waals surface area contributed by atoms with Crippen LogP contribution in [0.4, 0.5) is 4.39 Å². The summed E-state index contributed by atoms with van der Waals surface area (Å²) < 4.78 is 36.8. The summed E-state index contributed by atoms with van der Waals surface area (Å²) in [5.74, 6) is -0.537. The van der Waals surface area contributed by atoms with Gasteiger partial charge in [0, 0.05) is 16.4 Å². The van der Waals surface area contributed by atoms with Crippen LogP contribution < -0.4 is 5.73 Å². The van der Waals surface area contributed by atoms with Gasteiger partial charge in [-0.1, -0.05) is 22.0 Å². The summed E-state index contributed by atoms with van der Waals surface area (Å²) in [6, 6.07) is 3.93. The van der Waals surface area contributed by atoms with Crippen molar-refractivity contribution in [3.05, 3.63) is 34.1 Å².